The van der Waals surface area contributed by atoms with Crippen LogP contribution < -0.4 is 0 Å². The molecule has 0 N–H and O–H groups in total. The number of hydrogen-bond donors (Lipinski definition) is 0. The van der Waals surface area contributed by atoms with Crippen molar-refractivity contribution in [2.24, 2.45) is 0 Å². The largest absolute Gasteiger partial charge is 0.444 e. The lowest BCUT2D eigenvalue weighted by molar-refractivity contribution is -0.138. The van der Waals surface area contributed by atoms with Crippen LogP contribution in [-0.4, -0.2) is 29.7 Å². The number of benzene rings is 1. The Morgan fingerprint density at radius 2 is 1.96 bits per heavy atom. The highest BCUT2D eigenvalue weighted by molar-refractivity contribution is 9.10. The maximum atomic E-state index is 13.3. The van der Waals surface area contributed by atoms with Crippen molar-refractivity contribution in [2.45, 2.75) is 51.3 Å². The summed E-state index contributed by atoms with van der Waals surface area (Å²) in [5.74, 6) is -0.351. The minimum absolute atomic E-state index is 0.235. The summed E-state index contributed by atoms with van der Waals surface area (Å²) in [6.07, 6.45) is -3.63. The highest BCUT2D eigenvalue weighted by Crippen LogP contribution is 2.39. The molecule has 134 valence electrons. The molecule has 0 aliphatic carbocycles. The maximum absolute atomic E-state index is 13.3. The predicted molar refractivity (Wildman–Crippen MR) is 88.9 cm³/mol. The second-order valence-electron chi connectivity index (χ2n) is 6.99. The molecule has 24 heavy (non-hydrogen) atoms. The Kier molecular flexibility index (Phi) is 5.52. The number of amides is 1. The van der Waals surface area contributed by atoms with Crippen LogP contribution in [0.2, 0.25) is 0 Å². The van der Waals surface area contributed by atoms with Gasteiger partial charge in [0.05, 0.1) is 5.56 Å². The summed E-state index contributed by atoms with van der Waals surface area (Å²) in [5.41, 5.74) is -1.04. The first-order chi connectivity index (χ1) is 11.0. The smallest absolute Gasteiger partial charge is 0.416 e. The number of piperidine rings is 1. The molecule has 1 unspecified atom stereocenters. The van der Waals surface area contributed by atoms with Crippen LogP contribution in [0.1, 0.15) is 50.7 Å². The van der Waals surface area contributed by atoms with Crippen LogP contribution in [-0.2, 0) is 10.9 Å². The number of likely N-dealkylation sites (tertiary alicyclic amines) is 1. The third kappa shape index (κ3) is 4.88. The molecule has 0 bridgehead atoms. The molecule has 1 aromatic rings. The van der Waals surface area contributed by atoms with Crippen LogP contribution in [0.3, 0.4) is 0 Å². The molecule has 0 radical (unpaired) electrons. The second-order valence-corrected chi connectivity index (χ2v) is 7.91. The maximum Gasteiger partial charge on any atom is 0.416 e. The van der Waals surface area contributed by atoms with E-state index in [1.165, 1.54) is 11.0 Å². The third-order valence-electron chi connectivity index (χ3n) is 3.83. The first-order valence-electron chi connectivity index (χ1n) is 7.82. The summed E-state index contributed by atoms with van der Waals surface area (Å²) in [4.78, 5) is 13.7. The van der Waals surface area contributed by atoms with E-state index in [9.17, 15) is 18.0 Å². The zero-order chi connectivity index (χ0) is 18.1. The molecule has 0 spiro atoms. The number of hydrogen-bond acceptors (Lipinski definition) is 2. The van der Waals surface area contributed by atoms with Gasteiger partial charge in [-0.2, -0.15) is 13.2 Å². The van der Waals surface area contributed by atoms with Gasteiger partial charge >= 0.3 is 12.3 Å². The molecule has 1 aliphatic rings. The summed E-state index contributed by atoms with van der Waals surface area (Å²) < 4.78 is 45.7. The van der Waals surface area contributed by atoms with E-state index in [2.05, 4.69) is 15.9 Å². The van der Waals surface area contributed by atoms with Gasteiger partial charge in [-0.15, -0.1) is 0 Å². The Hall–Kier alpha value is -1.24. The van der Waals surface area contributed by atoms with Crippen molar-refractivity contribution in [3.8, 4) is 0 Å². The molecule has 7 heteroatoms. The van der Waals surface area contributed by atoms with Crippen molar-refractivity contribution >= 4 is 22.0 Å². The Labute approximate surface area is 148 Å². The Balaban J connectivity index is 2.23. The molecule has 1 atom stereocenters. The van der Waals surface area contributed by atoms with Gasteiger partial charge in [0.2, 0.25) is 0 Å². The summed E-state index contributed by atoms with van der Waals surface area (Å²) in [6, 6.07) is 4.20. The number of halogens is 4. The Morgan fingerprint density at radius 3 is 2.54 bits per heavy atom. The van der Waals surface area contributed by atoms with E-state index in [1.807, 2.05) is 0 Å². The van der Waals surface area contributed by atoms with E-state index < -0.39 is 23.4 Å². The highest BCUT2D eigenvalue weighted by Gasteiger charge is 2.37. The molecule has 1 saturated heterocycles. The molecule has 1 aromatic carbocycles. The Morgan fingerprint density at radius 1 is 1.29 bits per heavy atom. The lowest BCUT2D eigenvalue weighted by atomic mass is 9.87. The zero-order valence-corrected chi connectivity index (χ0v) is 15.5. The van der Waals surface area contributed by atoms with Gasteiger partial charge in [-0.05, 0) is 51.3 Å². The van der Waals surface area contributed by atoms with Gasteiger partial charge < -0.3 is 9.64 Å². The van der Waals surface area contributed by atoms with E-state index >= 15 is 0 Å². The van der Waals surface area contributed by atoms with Gasteiger partial charge in [0.25, 0.3) is 0 Å². The third-order valence-corrected chi connectivity index (χ3v) is 4.33. The van der Waals surface area contributed by atoms with Gasteiger partial charge in [-0.25, -0.2) is 4.79 Å². The SMILES string of the molecule is CC(C)(C)OC(=O)N1CCCC(c2ccc(Br)cc2C(F)(F)F)C1. The second kappa shape index (κ2) is 6.94. The quantitative estimate of drug-likeness (QED) is 0.607. The molecule has 1 aliphatic heterocycles. The first-order valence-corrected chi connectivity index (χ1v) is 8.61. The van der Waals surface area contributed by atoms with Gasteiger partial charge in [0, 0.05) is 23.5 Å². The molecule has 1 amide bonds. The fourth-order valence-electron chi connectivity index (χ4n) is 2.85. The van der Waals surface area contributed by atoms with Crippen LogP contribution in [0.4, 0.5) is 18.0 Å². The van der Waals surface area contributed by atoms with Crippen molar-refractivity contribution in [1.29, 1.82) is 0 Å². The minimum atomic E-state index is -4.42. The van der Waals surface area contributed by atoms with E-state index in [0.717, 1.165) is 6.07 Å². The van der Waals surface area contributed by atoms with Crippen LogP contribution in [0, 0.1) is 0 Å². The zero-order valence-electron chi connectivity index (χ0n) is 13.9. The van der Waals surface area contributed by atoms with Crippen molar-refractivity contribution < 1.29 is 22.7 Å². The van der Waals surface area contributed by atoms with Gasteiger partial charge in [0.15, 0.2) is 0 Å². The van der Waals surface area contributed by atoms with E-state index in [1.54, 1.807) is 26.8 Å². The monoisotopic (exact) mass is 407 g/mol. The molecule has 0 saturated carbocycles. The van der Waals surface area contributed by atoms with Gasteiger partial charge in [-0.3, -0.25) is 0 Å². The van der Waals surface area contributed by atoms with Crippen LogP contribution >= 0.6 is 15.9 Å². The van der Waals surface area contributed by atoms with Crippen molar-refractivity contribution in [3.05, 3.63) is 33.8 Å². The fourth-order valence-corrected chi connectivity index (χ4v) is 3.21. The normalized spacial score (nSPS) is 19.3. The topological polar surface area (TPSA) is 29.5 Å². The molecule has 0 aromatic heterocycles. The van der Waals surface area contributed by atoms with Crippen LogP contribution in [0.5, 0.6) is 0 Å². The van der Waals surface area contributed by atoms with E-state index in [-0.39, 0.29) is 18.0 Å². The summed E-state index contributed by atoms with van der Waals surface area (Å²) >= 11 is 3.10. The lowest BCUT2D eigenvalue weighted by Crippen LogP contribution is -2.42. The van der Waals surface area contributed by atoms with Crippen molar-refractivity contribution in [3.63, 3.8) is 0 Å². The molecule has 1 fully saturated rings. The number of alkyl halides is 3. The number of rotatable bonds is 1. The van der Waals surface area contributed by atoms with Gasteiger partial charge in [0.1, 0.15) is 5.60 Å². The number of carbonyl (C=O) groups excluding carboxylic acids is 1. The fraction of sp³-hybridized carbons (Fsp3) is 0.588. The predicted octanol–water partition coefficient (Wildman–Crippen LogP) is 5.58. The minimum Gasteiger partial charge on any atom is -0.444 e. The standard InChI is InChI=1S/C17H21BrF3NO2/c1-16(2,3)24-15(23)22-8-4-5-11(10-22)13-7-6-12(18)9-14(13)17(19,20)21/h6-7,9,11H,4-5,8,10H2,1-3H3. The van der Waals surface area contributed by atoms with Crippen molar-refractivity contribution in [1.82, 2.24) is 4.90 Å². The first kappa shape index (κ1) is 19.1. The molecule has 3 nitrogen and oxygen atoms in total. The average molecular weight is 408 g/mol. The summed E-state index contributed by atoms with van der Waals surface area (Å²) in [5, 5.41) is 0. The van der Waals surface area contributed by atoms with Crippen LogP contribution in [0.15, 0.2) is 22.7 Å². The molecular weight excluding hydrogens is 387 g/mol. The Bertz CT molecular complexity index is 611. The number of carbonyl (C=O) groups is 1. The lowest BCUT2D eigenvalue weighted by Gasteiger charge is -2.35. The molecule has 1 heterocycles. The van der Waals surface area contributed by atoms with E-state index in [4.69, 9.17) is 4.74 Å². The average Bonchev–Trinajstić information content (AvgIpc) is 2.44. The number of ether oxygens (including phenoxy) is 1. The van der Waals surface area contributed by atoms with E-state index in [0.29, 0.717) is 23.9 Å². The number of nitrogens with zero attached hydrogens (tertiary/aromatic N) is 1. The molecule has 2 rings (SSSR count). The summed E-state index contributed by atoms with van der Waals surface area (Å²) in [6.45, 7) is 6.04. The van der Waals surface area contributed by atoms with Crippen molar-refractivity contribution in [2.75, 3.05) is 13.1 Å². The highest BCUT2D eigenvalue weighted by atomic mass is 79.9. The molecular formula is C17H21BrF3NO2. The van der Waals surface area contributed by atoms with Crippen LogP contribution in [0.25, 0.3) is 0 Å². The summed E-state index contributed by atoms with van der Waals surface area (Å²) in [7, 11) is 0. The van der Waals surface area contributed by atoms with Gasteiger partial charge in [-0.1, -0.05) is 22.0 Å².